The van der Waals surface area contributed by atoms with Crippen molar-refractivity contribution in [3.05, 3.63) is 24.0 Å². The van der Waals surface area contributed by atoms with Crippen molar-refractivity contribution in [2.24, 2.45) is 5.92 Å². The predicted octanol–water partition coefficient (Wildman–Crippen LogP) is 2.55. The highest BCUT2D eigenvalue weighted by Crippen LogP contribution is 2.32. The highest BCUT2D eigenvalue weighted by molar-refractivity contribution is 5.91. The van der Waals surface area contributed by atoms with Crippen LogP contribution in [0.25, 0.3) is 0 Å². The maximum absolute atomic E-state index is 13.2. The number of carbonyl (C=O) groups excluding carboxylic acids is 1. The first-order valence-corrected chi connectivity index (χ1v) is 6.55. The normalized spacial score (nSPS) is 21.8. The van der Waals surface area contributed by atoms with E-state index in [-0.39, 0.29) is 11.6 Å². The summed E-state index contributed by atoms with van der Waals surface area (Å²) in [5.41, 5.74) is 5.90. The van der Waals surface area contributed by atoms with E-state index in [2.05, 4.69) is 5.32 Å². The first-order chi connectivity index (χ1) is 9.08. The minimum absolute atomic E-state index is 0.0801. The molecule has 104 valence electrons. The van der Waals surface area contributed by atoms with Crippen molar-refractivity contribution in [3.63, 3.8) is 0 Å². The molecule has 1 aliphatic rings. The zero-order chi connectivity index (χ0) is 13.8. The third-order valence-corrected chi connectivity index (χ3v) is 3.35. The van der Waals surface area contributed by atoms with E-state index in [0.717, 1.165) is 12.8 Å². The maximum atomic E-state index is 13.2. The number of hydrogen-bond acceptors (Lipinski definition) is 3. The highest BCUT2D eigenvalue weighted by Gasteiger charge is 2.30. The standard InChI is InChI=1S/C14H19FN2O2/c1-2-19-11-5-9(6-11)7-14(18)17-10-3-4-13(16)12(15)8-10/h3-4,8-9,11H,2,5-7,16H2,1H3,(H,17,18). The second-order valence-corrected chi connectivity index (χ2v) is 4.90. The molecule has 0 saturated heterocycles. The van der Waals surface area contributed by atoms with E-state index in [9.17, 15) is 9.18 Å². The fourth-order valence-corrected chi connectivity index (χ4v) is 2.29. The van der Waals surface area contributed by atoms with Gasteiger partial charge in [-0.05, 0) is 43.9 Å². The Kier molecular flexibility index (Phi) is 4.37. The van der Waals surface area contributed by atoms with Crippen molar-refractivity contribution >= 4 is 17.3 Å². The Morgan fingerprint density at radius 3 is 2.89 bits per heavy atom. The van der Waals surface area contributed by atoms with Gasteiger partial charge >= 0.3 is 0 Å². The van der Waals surface area contributed by atoms with E-state index in [1.807, 2.05) is 6.92 Å². The zero-order valence-corrected chi connectivity index (χ0v) is 11.0. The van der Waals surface area contributed by atoms with Gasteiger partial charge < -0.3 is 15.8 Å². The van der Waals surface area contributed by atoms with E-state index < -0.39 is 5.82 Å². The van der Waals surface area contributed by atoms with Crippen LogP contribution in [-0.2, 0) is 9.53 Å². The van der Waals surface area contributed by atoms with Crippen molar-refractivity contribution in [1.29, 1.82) is 0 Å². The van der Waals surface area contributed by atoms with Gasteiger partial charge in [-0.3, -0.25) is 4.79 Å². The van der Waals surface area contributed by atoms with Crippen LogP contribution in [0.2, 0.25) is 0 Å². The highest BCUT2D eigenvalue weighted by atomic mass is 19.1. The van der Waals surface area contributed by atoms with Gasteiger partial charge in [0.1, 0.15) is 5.82 Å². The molecule has 4 nitrogen and oxygen atoms in total. The molecule has 0 atom stereocenters. The lowest BCUT2D eigenvalue weighted by atomic mass is 9.80. The summed E-state index contributed by atoms with van der Waals surface area (Å²) in [5, 5.41) is 2.68. The quantitative estimate of drug-likeness (QED) is 0.805. The van der Waals surface area contributed by atoms with Crippen molar-refractivity contribution in [1.82, 2.24) is 0 Å². The van der Waals surface area contributed by atoms with Gasteiger partial charge in [0.25, 0.3) is 0 Å². The van der Waals surface area contributed by atoms with E-state index in [4.69, 9.17) is 10.5 Å². The van der Waals surface area contributed by atoms with Crippen molar-refractivity contribution in [3.8, 4) is 0 Å². The number of benzene rings is 1. The van der Waals surface area contributed by atoms with Crippen LogP contribution in [0.4, 0.5) is 15.8 Å². The van der Waals surface area contributed by atoms with Gasteiger partial charge in [-0.1, -0.05) is 0 Å². The second kappa shape index (κ2) is 6.02. The van der Waals surface area contributed by atoms with Crippen LogP contribution >= 0.6 is 0 Å². The van der Waals surface area contributed by atoms with Crippen LogP contribution in [0.1, 0.15) is 26.2 Å². The molecular weight excluding hydrogens is 247 g/mol. The minimum atomic E-state index is -0.516. The van der Waals surface area contributed by atoms with Gasteiger partial charge in [-0.15, -0.1) is 0 Å². The Bertz CT molecular complexity index is 459. The summed E-state index contributed by atoms with van der Waals surface area (Å²) in [6.45, 7) is 2.68. The molecule has 0 unspecified atom stereocenters. The molecule has 0 radical (unpaired) electrons. The molecule has 1 amide bonds. The Balaban J connectivity index is 1.77. The number of halogens is 1. The molecule has 0 bridgehead atoms. The summed E-state index contributed by atoms with van der Waals surface area (Å²) >= 11 is 0. The van der Waals surface area contributed by atoms with E-state index in [0.29, 0.717) is 30.7 Å². The number of anilines is 2. The Hall–Kier alpha value is -1.62. The summed E-state index contributed by atoms with van der Waals surface area (Å²) in [6.07, 6.45) is 2.61. The van der Waals surface area contributed by atoms with Crippen LogP contribution in [0.15, 0.2) is 18.2 Å². The van der Waals surface area contributed by atoms with Crippen molar-refractivity contribution in [2.75, 3.05) is 17.7 Å². The number of nitrogens with two attached hydrogens (primary N) is 1. The lowest BCUT2D eigenvalue weighted by molar-refractivity contribution is -0.119. The summed E-state index contributed by atoms with van der Waals surface area (Å²) in [6, 6.07) is 4.27. The largest absolute Gasteiger partial charge is 0.396 e. The van der Waals surface area contributed by atoms with Gasteiger partial charge in [0, 0.05) is 18.7 Å². The van der Waals surface area contributed by atoms with Gasteiger partial charge in [0.05, 0.1) is 11.8 Å². The van der Waals surface area contributed by atoms with E-state index >= 15 is 0 Å². The molecule has 1 aromatic rings. The molecule has 0 spiro atoms. The predicted molar refractivity (Wildman–Crippen MR) is 72.2 cm³/mol. The van der Waals surface area contributed by atoms with Gasteiger partial charge in [0.15, 0.2) is 0 Å². The molecule has 0 aromatic heterocycles. The zero-order valence-electron chi connectivity index (χ0n) is 11.0. The van der Waals surface area contributed by atoms with Crippen LogP contribution in [0, 0.1) is 11.7 Å². The van der Waals surface area contributed by atoms with Crippen LogP contribution in [-0.4, -0.2) is 18.6 Å². The molecule has 5 heteroatoms. The number of carbonyl (C=O) groups is 1. The van der Waals surface area contributed by atoms with Crippen LogP contribution < -0.4 is 11.1 Å². The molecule has 1 saturated carbocycles. The number of hydrogen-bond donors (Lipinski definition) is 2. The van der Waals surface area contributed by atoms with Crippen LogP contribution in [0.5, 0.6) is 0 Å². The van der Waals surface area contributed by atoms with Crippen molar-refractivity contribution < 1.29 is 13.9 Å². The Morgan fingerprint density at radius 1 is 1.53 bits per heavy atom. The molecular formula is C14H19FN2O2. The van der Waals surface area contributed by atoms with Crippen molar-refractivity contribution in [2.45, 2.75) is 32.3 Å². The third-order valence-electron chi connectivity index (χ3n) is 3.35. The Morgan fingerprint density at radius 2 is 2.26 bits per heavy atom. The second-order valence-electron chi connectivity index (χ2n) is 4.90. The molecule has 0 aliphatic heterocycles. The third kappa shape index (κ3) is 3.67. The Labute approximate surface area is 112 Å². The SMILES string of the molecule is CCOC1CC(CC(=O)Nc2ccc(N)c(F)c2)C1. The first-order valence-electron chi connectivity index (χ1n) is 6.55. The molecule has 0 heterocycles. The smallest absolute Gasteiger partial charge is 0.224 e. The summed E-state index contributed by atoms with van der Waals surface area (Å²) in [4.78, 5) is 11.8. The number of rotatable bonds is 5. The molecule has 3 N–H and O–H groups in total. The number of nitrogens with one attached hydrogen (secondary N) is 1. The number of nitrogen functional groups attached to an aromatic ring is 1. The summed E-state index contributed by atoms with van der Waals surface area (Å²) < 4.78 is 18.7. The lowest BCUT2D eigenvalue weighted by Crippen LogP contribution is -2.33. The topological polar surface area (TPSA) is 64.3 Å². The van der Waals surface area contributed by atoms with Gasteiger partial charge in [-0.25, -0.2) is 4.39 Å². The molecule has 1 aliphatic carbocycles. The van der Waals surface area contributed by atoms with E-state index in [1.165, 1.54) is 12.1 Å². The average Bonchev–Trinajstić information content (AvgIpc) is 2.31. The fraction of sp³-hybridized carbons (Fsp3) is 0.500. The maximum Gasteiger partial charge on any atom is 0.224 e. The number of ether oxygens (including phenoxy) is 1. The monoisotopic (exact) mass is 266 g/mol. The summed E-state index contributed by atoms with van der Waals surface area (Å²) in [7, 11) is 0. The summed E-state index contributed by atoms with van der Waals surface area (Å²) in [5.74, 6) is -0.239. The molecule has 19 heavy (non-hydrogen) atoms. The molecule has 1 fully saturated rings. The van der Waals surface area contributed by atoms with Gasteiger partial charge in [-0.2, -0.15) is 0 Å². The average molecular weight is 266 g/mol. The van der Waals surface area contributed by atoms with Gasteiger partial charge in [0.2, 0.25) is 5.91 Å². The van der Waals surface area contributed by atoms with E-state index in [1.54, 1.807) is 6.07 Å². The van der Waals surface area contributed by atoms with Crippen LogP contribution in [0.3, 0.4) is 0 Å². The first kappa shape index (κ1) is 13.8. The minimum Gasteiger partial charge on any atom is -0.396 e. The fourth-order valence-electron chi connectivity index (χ4n) is 2.29. The lowest BCUT2D eigenvalue weighted by Gasteiger charge is -2.34. The molecule has 2 rings (SSSR count). The number of amides is 1. The molecule has 1 aromatic carbocycles.